The minimum Gasteiger partial charge on any atom is -0.488 e. The van der Waals surface area contributed by atoms with Crippen LogP contribution in [0.4, 0.5) is 8.78 Å². The van der Waals surface area contributed by atoms with Gasteiger partial charge in [-0.15, -0.1) is 0 Å². The van der Waals surface area contributed by atoms with Crippen molar-refractivity contribution in [1.82, 2.24) is 20.1 Å². The third-order valence-corrected chi connectivity index (χ3v) is 7.16. The number of rotatable bonds is 7. The molecule has 178 valence electrons. The van der Waals surface area contributed by atoms with Crippen molar-refractivity contribution in [3.8, 4) is 17.0 Å². The van der Waals surface area contributed by atoms with Gasteiger partial charge in [-0.3, -0.25) is 18.7 Å². The van der Waals surface area contributed by atoms with Crippen LogP contribution in [0.3, 0.4) is 0 Å². The van der Waals surface area contributed by atoms with E-state index in [-0.39, 0.29) is 11.6 Å². The maximum atomic E-state index is 12.3. The third kappa shape index (κ3) is 6.00. The molecule has 33 heavy (non-hydrogen) atoms. The molecule has 0 unspecified atom stereocenters. The van der Waals surface area contributed by atoms with E-state index in [1.54, 1.807) is 28.9 Å². The fourth-order valence-corrected chi connectivity index (χ4v) is 5.02. The fourth-order valence-electron chi connectivity index (χ4n) is 3.39. The zero-order valence-corrected chi connectivity index (χ0v) is 19.9. The maximum absolute atomic E-state index is 12.3. The monoisotopic (exact) mass is 478 g/mol. The Labute approximate surface area is 194 Å². The molecule has 1 N–H and O–H groups in total. The minimum atomic E-state index is -2.53. The van der Waals surface area contributed by atoms with Crippen molar-refractivity contribution < 1.29 is 22.5 Å². The first kappa shape index (κ1) is 24.9. The number of alkyl halides is 2. The molecule has 0 bridgehead atoms. The molecule has 1 aromatic carbocycles. The van der Waals surface area contributed by atoms with Gasteiger partial charge in [0.25, 0.3) is 6.43 Å². The molecule has 0 atom stereocenters. The van der Waals surface area contributed by atoms with Gasteiger partial charge in [-0.2, -0.15) is 5.10 Å². The van der Waals surface area contributed by atoms with Crippen LogP contribution >= 0.6 is 0 Å². The number of halogens is 2. The molecule has 0 aliphatic carbocycles. The lowest BCUT2D eigenvalue weighted by Gasteiger charge is -2.36. The van der Waals surface area contributed by atoms with Crippen LogP contribution < -0.4 is 10.1 Å². The average Bonchev–Trinajstić information content (AvgIpc) is 3.16. The highest BCUT2D eigenvalue weighted by Gasteiger charge is 2.36. The molecule has 3 heterocycles. The Morgan fingerprint density at radius 2 is 2.03 bits per heavy atom. The van der Waals surface area contributed by atoms with Gasteiger partial charge in [0, 0.05) is 51.2 Å². The number of benzene rings is 1. The number of ether oxygens (including phenoxy) is 1. The zero-order valence-electron chi connectivity index (χ0n) is 19.0. The van der Waals surface area contributed by atoms with Crippen molar-refractivity contribution in [3.63, 3.8) is 0 Å². The Morgan fingerprint density at radius 1 is 1.30 bits per heavy atom. The van der Waals surface area contributed by atoms with Gasteiger partial charge in [0.1, 0.15) is 23.6 Å². The molecule has 0 saturated carbocycles. The molecule has 3 aromatic rings. The number of hydrogen-bond donors (Lipinski definition) is 1. The topological polar surface area (TPSA) is 86.1 Å². The van der Waals surface area contributed by atoms with Gasteiger partial charge >= 0.3 is 0 Å². The van der Waals surface area contributed by atoms with E-state index in [0.717, 1.165) is 23.3 Å². The van der Waals surface area contributed by atoms with Crippen molar-refractivity contribution >= 4 is 28.1 Å². The molecule has 1 aliphatic heterocycles. The number of hydrogen-bond acceptors (Lipinski definition) is 6. The van der Waals surface area contributed by atoms with Gasteiger partial charge in [-0.1, -0.05) is 12.1 Å². The van der Waals surface area contributed by atoms with E-state index in [2.05, 4.69) is 22.3 Å². The van der Waals surface area contributed by atoms with Crippen LogP contribution in [-0.2, 0) is 10.8 Å². The number of pyridine rings is 1. The maximum Gasteiger partial charge on any atom is 0.272 e. The Balaban J connectivity index is 0.000000323. The predicted molar refractivity (Wildman–Crippen MR) is 126 cm³/mol. The van der Waals surface area contributed by atoms with E-state index in [0.29, 0.717) is 28.1 Å². The van der Waals surface area contributed by atoms with Gasteiger partial charge < -0.3 is 10.1 Å². The van der Waals surface area contributed by atoms with E-state index in [1.807, 2.05) is 27.0 Å². The van der Waals surface area contributed by atoms with Crippen LogP contribution in [0.5, 0.6) is 5.75 Å². The smallest absolute Gasteiger partial charge is 0.272 e. The molecular formula is C23H28F2N4O3S. The fraction of sp³-hybridized carbons (Fsp3) is 0.435. The van der Waals surface area contributed by atoms with Crippen molar-refractivity contribution in [3.05, 3.63) is 42.1 Å². The Kier molecular flexibility index (Phi) is 7.91. The van der Waals surface area contributed by atoms with Crippen LogP contribution in [0.25, 0.3) is 22.3 Å². The van der Waals surface area contributed by atoms with Crippen LogP contribution in [0.2, 0.25) is 0 Å². The molecule has 1 saturated heterocycles. The summed E-state index contributed by atoms with van der Waals surface area (Å²) in [6.45, 7) is 5.39. The summed E-state index contributed by atoms with van der Waals surface area (Å²) in [5.74, 6) is 1.99. The average molecular weight is 479 g/mol. The second kappa shape index (κ2) is 10.5. The third-order valence-electron chi connectivity index (χ3n) is 5.24. The molecule has 2 aromatic heterocycles. The predicted octanol–water partition coefficient (Wildman–Crippen LogP) is 3.86. The summed E-state index contributed by atoms with van der Waals surface area (Å²) in [7, 11) is 1.39. The Bertz CT molecular complexity index is 1140. The highest BCUT2D eigenvalue weighted by molar-refractivity contribution is 7.86. The van der Waals surface area contributed by atoms with Crippen LogP contribution in [0.1, 0.15) is 37.2 Å². The number of nitrogens with one attached hydrogen (secondary N) is 1. The SMILES string of the molecule is CC(C)n1nc(-c2cccc(OCC(F)F)c2)c2ncc(C=O)cc21.CNC1(C)CS(=O)C1. The minimum absolute atomic E-state index is 0.0678. The summed E-state index contributed by atoms with van der Waals surface area (Å²) in [6, 6.07) is 8.62. The standard InChI is InChI=1S/C18H17F2N3O2.C5H11NOS/c1-11(2)23-15-6-12(9-24)8-21-18(15)17(22-23)13-4-3-5-14(7-13)25-10-16(19)20;1-5(6-2)3-8(7)4-5/h3-9,11,16H,10H2,1-2H3;6H,3-4H2,1-2H3. The molecule has 0 radical (unpaired) electrons. The van der Waals surface area contributed by atoms with Crippen molar-refractivity contribution in [2.24, 2.45) is 0 Å². The molecule has 0 spiro atoms. The summed E-state index contributed by atoms with van der Waals surface area (Å²) in [5.41, 5.74) is 3.37. The molecule has 7 nitrogen and oxygen atoms in total. The second-order valence-corrected chi connectivity index (χ2v) is 9.87. The van der Waals surface area contributed by atoms with Crippen molar-refractivity contribution in [2.45, 2.75) is 38.8 Å². The van der Waals surface area contributed by atoms with Crippen LogP contribution in [0, 0.1) is 0 Å². The number of aldehydes is 1. The summed E-state index contributed by atoms with van der Waals surface area (Å²) in [4.78, 5) is 15.4. The van der Waals surface area contributed by atoms with Crippen molar-refractivity contribution in [1.29, 1.82) is 0 Å². The van der Waals surface area contributed by atoms with E-state index in [9.17, 15) is 17.8 Å². The Hall–Kier alpha value is -2.72. The van der Waals surface area contributed by atoms with E-state index < -0.39 is 23.8 Å². The molecular weight excluding hydrogens is 450 g/mol. The quantitative estimate of drug-likeness (QED) is 0.519. The first-order chi connectivity index (χ1) is 15.7. The number of aromatic nitrogens is 3. The highest BCUT2D eigenvalue weighted by Crippen LogP contribution is 2.30. The van der Waals surface area contributed by atoms with Crippen LogP contribution in [-0.4, -0.2) is 62.4 Å². The molecule has 4 rings (SSSR count). The second-order valence-electron chi connectivity index (χ2n) is 8.41. The molecule has 0 amide bonds. The first-order valence-electron chi connectivity index (χ1n) is 10.5. The van der Waals surface area contributed by atoms with Gasteiger partial charge in [0.2, 0.25) is 0 Å². The van der Waals surface area contributed by atoms with Gasteiger partial charge in [0.15, 0.2) is 6.29 Å². The Morgan fingerprint density at radius 3 is 2.58 bits per heavy atom. The summed E-state index contributed by atoms with van der Waals surface area (Å²) in [6.07, 6.45) is -0.307. The van der Waals surface area contributed by atoms with E-state index in [4.69, 9.17) is 4.74 Å². The van der Waals surface area contributed by atoms with Gasteiger partial charge in [0.05, 0.1) is 5.52 Å². The molecule has 1 aliphatic rings. The van der Waals surface area contributed by atoms with Gasteiger partial charge in [-0.05, 0) is 46.0 Å². The van der Waals surface area contributed by atoms with Gasteiger partial charge in [-0.25, -0.2) is 8.78 Å². The number of carbonyl (C=O) groups excluding carboxylic acids is 1. The van der Waals surface area contributed by atoms with E-state index >= 15 is 0 Å². The summed E-state index contributed by atoms with van der Waals surface area (Å²) >= 11 is 0. The number of nitrogens with zero attached hydrogens (tertiary/aromatic N) is 3. The van der Waals surface area contributed by atoms with Crippen LogP contribution in [0.15, 0.2) is 36.5 Å². The lowest BCUT2D eigenvalue weighted by atomic mass is 10.1. The summed E-state index contributed by atoms with van der Waals surface area (Å²) < 4.78 is 42.1. The first-order valence-corrected chi connectivity index (χ1v) is 12.0. The molecule has 10 heteroatoms. The normalized spacial score (nSPS) is 19.8. The zero-order chi connectivity index (χ0) is 24.2. The largest absolute Gasteiger partial charge is 0.488 e. The lowest BCUT2D eigenvalue weighted by molar-refractivity contribution is 0.0819. The summed E-state index contributed by atoms with van der Waals surface area (Å²) in [5, 5.41) is 7.72. The number of fused-ring (bicyclic) bond motifs is 1. The lowest BCUT2D eigenvalue weighted by Crippen LogP contribution is -2.58. The molecule has 1 fully saturated rings. The number of carbonyl (C=O) groups is 1. The van der Waals surface area contributed by atoms with E-state index in [1.165, 1.54) is 6.20 Å². The highest BCUT2D eigenvalue weighted by atomic mass is 32.2. The van der Waals surface area contributed by atoms with Crippen molar-refractivity contribution in [2.75, 3.05) is 25.2 Å².